The Hall–Kier alpha value is -2.08. The van der Waals surface area contributed by atoms with E-state index in [0.717, 1.165) is 0 Å². The minimum absolute atomic E-state index is 0.0609. The molecule has 6 nitrogen and oxygen atoms in total. The van der Waals surface area contributed by atoms with Crippen molar-refractivity contribution in [3.05, 3.63) is 30.3 Å². The molecule has 0 bridgehead atoms. The molecule has 1 aromatic rings. The fourth-order valence-corrected chi connectivity index (χ4v) is 1.92. The molecule has 0 aliphatic carbocycles. The zero-order valence-corrected chi connectivity index (χ0v) is 12.1. The van der Waals surface area contributed by atoms with Gasteiger partial charge in [0.25, 0.3) is 5.91 Å². The Morgan fingerprint density at radius 2 is 1.95 bits per heavy atom. The Balaban J connectivity index is 2.63. The van der Waals surface area contributed by atoms with Crippen LogP contribution >= 0.6 is 0 Å². The number of ether oxygens (including phenoxy) is 1. The number of para-hydroxylation sites is 1. The van der Waals surface area contributed by atoms with Gasteiger partial charge < -0.3 is 19.8 Å². The smallest absolute Gasteiger partial charge is 0.305 e. The predicted molar refractivity (Wildman–Crippen MR) is 77.1 cm³/mol. The van der Waals surface area contributed by atoms with Crippen molar-refractivity contribution in [2.24, 2.45) is 0 Å². The van der Waals surface area contributed by atoms with Gasteiger partial charge in [0.2, 0.25) is 0 Å². The van der Waals surface area contributed by atoms with E-state index in [0.29, 0.717) is 12.2 Å². The van der Waals surface area contributed by atoms with Crippen LogP contribution in [0.3, 0.4) is 0 Å². The summed E-state index contributed by atoms with van der Waals surface area (Å²) < 4.78 is 5.37. The number of carbonyl (C=O) groups excluding carboxylic acids is 1. The topological polar surface area (TPSA) is 87.1 Å². The molecular formula is C15H21NO5. The zero-order chi connectivity index (χ0) is 15.7. The van der Waals surface area contributed by atoms with Gasteiger partial charge in [-0.3, -0.25) is 9.59 Å². The maximum atomic E-state index is 12.2. The number of benzene rings is 1. The molecule has 1 amide bonds. The van der Waals surface area contributed by atoms with Crippen LogP contribution in [0.1, 0.15) is 19.8 Å². The van der Waals surface area contributed by atoms with Gasteiger partial charge in [-0.25, -0.2) is 0 Å². The molecule has 1 aromatic carbocycles. The molecule has 1 atom stereocenters. The lowest BCUT2D eigenvalue weighted by atomic mass is 10.2. The van der Waals surface area contributed by atoms with Crippen LogP contribution < -0.4 is 4.74 Å². The van der Waals surface area contributed by atoms with Crippen LogP contribution in [-0.2, 0) is 9.59 Å². The average molecular weight is 295 g/mol. The van der Waals surface area contributed by atoms with E-state index in [9.17, 15) is 14.7 Å². The van der Waals surface area contributed by atoms with Crippen LogP contribution in [0.15, 0.2) is 30.3 Å². The molecule has 21 heavy (non-hydrogen) atoms. The van der Waals surface area contributed by atoms with E-state index in [1.807, 2.05) is 13.0 Å². The number of aliphatic hydroxyl groups is 1. The second kappa shape index (κ2) is 8.97. The third-order valence-electron chi connectivity index (χ3n) is 3.12. The minimum Gasteiger partial charge on any atom is -0.484 e. The third kappa shape index (κ3) is 5.83. The Morgan fingerprint density at radius 1 is 1.29 bits per heavy atom. The number of rotatable bonds is 9. The molecule has 0 saturated carbocycles. The van der Waals surface area contributed by atoms with E-state index in [1.54, 1.807) is 24.3 Å². The number of carboxylic acid groups (broad SMARTS) is 1. The Morgan fingerprint density at radius 3 is 2.48 bits per heavy atom. The third-order valence-corrected chi connectivity index (χ3v) is 3.12. The molecule has 116 valence electrons. The van der Waals surface area contributed by atoms with E-state index >= 15 is 0 Å². The zero-order valence-electron chi connectivity index (χ0n) is 12.1. The van der Waals surface area contributed by atoms with Gasteiger partial charge in [-0.05, 0) is 18.6 Å². The highest BCUT2D eigenvalue weighted by Gasteiger charge is 2.22. The van der Waals surface area contributed by atoms with Crippen LogP contribution in [0.4, 0.5) is 0 Å². The Labute approximate surface area is 124 Å². The van der Waals surface area contributed by atoms with Gasteiger partial charge in [0.05, 0.1) is 19.1 Å². The number of nitrogens with zero attached hydrogens (tertiary/aromatic N) is 1. The molecule has 0 heterocycles. The SMILES string of the molecule is CCC(CO)N(CCC(=O)O)C(=O)COc1ccccc1. The fourth-order valence-electron chi connectivity index (χ4n) is 1.92. The van der Waals surface area contributed by atoms with Crippen molar-refractivity contribution in [3.63, 3.8) is 0 Å². The monoisotopic (exact) mass is 295 g/mol. The van der Waals surface area contributed by atoms with Crippen molar-refractivity contribution in [1.29, 1.82) is 0 Å². The normalized spacial score (nSPS) is 11.7. The van der Waals surface area contributed by atoms with Crippen LogP contribution in [0.5, 0.6) is 5.75 Å². The summed E-state index contributed by atoms with van der Waals surface area (Å²) in [5.74, 6) is -0.744. The first-order chi connectivity index (χ1) is 10.1. The number of hydrogen-bond donors (Lipinski definition) is 2. The van der Waals surface area contributed by atoms with Crippen molar-refractivity contribution in [2.75, 3.05) is 19.8 Å². The first-order valence-electron chi connectivity index (χ1n) is 6.88. The quantitative estimate of drug-likeness (QED) is 0.713. The first kappa shape index (κ1) is 17.0. The highest BCUT2D eigenvalue weighted by molar-refractivity contribution is 5.78. The van der Waals surface area contributed by atoms with Gasteiger partial charge in [-0.2, -0.15) is 0 Å². The maximum absolute atomic E-state index is 12.2. The molecule has 1 unspecified atom stereocenters. The van der Waals surface area contributed by atoms with Crippen molar-refractivity contribution < 1.29 is 24.5 Å². The predicted octanol–water partition coefficient (Wildman–Crippen LogP) is 1.14. The van der Waals surface area contributed by atoms with Gasteiger partial charge in [0.1, 0.15) is 5.75 Å². The lowest BCUT2D eigenvalue weighted by molar-refractivity contribution is -0.140. The van der Waals surface area contributed by atoms with E-state index in [1.165, 1.54) is 4.90 Å². The second-order valence-electron chi connectivity index (χ2n) is 4.58. The van der Waals surface area contributed by atoms with Gasteiger partial charge in [0.15, 0.2) is 6.61 Å². The highest BCUT2D eigenvalue weighted by atomic mass is 16.5. The lowest BCUT2D eigenvalue weighted by Crippen LogP contribution is -2.45. The number of carbonyl (C=O) groups is 2. The number of aliphatic hydroxyl groups excluding tert-OH is 1. The van der Waals surface area contributed by atoms with E-state index in [4.69, 9.17) is 9.84 Å². The van der Waals surface area contributed by atoms with Gasteiger partial charge in [-0.1, -0.05) is 25.1 Å². The summed E-state index contributed by atoms with van der Waals surface area (Å²) in [6.45, 7) is 1.51. The van der Waals surface area contributed by atoms with E-state index in [-0.39, 0.29) is 32.1 Å². The summed E-state index contributed by atoms with van der Waals surface area (Å²) >= 11 is 0. The lowest BCUT2D eigenvalue weighted by Gasteiger charge is -2.29. The maximum Gasteiger partial charge on any atom is 0.305 e. The largest absolute Gasteiger partial charge is 0.484 e. The summed E-state index contributed by atoms with van der Waals surface area (Å²) in [6.07, 6.45) is 0.390. The molecule has 2 N–H and O–H groups in total. The summed E-state index contributed by atoms with van der Waals surface area (Å²) in [6, 6.07) is 8.51. The van der Waals surface area contributed by atoms with Gasteiger partial charge in [-0.15, -0.1) is 0 Å². The summed E-state index contributed by atoms with van der Waals surface area (Å²) in [5, 5.41) is 18.1. The van der Waals surface area contributed by atoms with E-state index < -0.39 is 12.0 Å². The molecule has 0 aromatic heterocycles. The molecule has 0 spiro atoms. The van der Waals surface area contributed by atoms with Crippen molar-refractivity contribution in [3.8, 4) is 5.75 Å². The van der Waals surface area contributed by atoms with Crippen molar-refractivity contribution in [2.45, 2.75) is 25.8 Å². The fraction of sp³-hybridized carbons (Fsp3) is 0.467. The molecule has 0 radical (unpaired) electrons. The van der Waals surface area contributed by atoms with Crippen LogP contribution in [0, 0.1) is 0 Å². The van der Waals surface area contributed by atoms with Crippen LogP contribution in [0.25, 0.3) is 0 Å². The highest BCUT2D eigenvalue weighted by Crippen LogP contribution is 2.10. The minimum atomic E-state index is -0.982. The molecule has 6 heteroatoms. The average Bonchev–Trinajstić information content (AvgIpc) is 2.50. The van der Waals surface area contributed by atoms with Crippen LogP contribution in [0.2, 0.25) is 0 Å². The first-order valence-corrected chi connectivity index (χ1v) is 6.88. The second-order valence-corrected chi connectivity index (χ2v) is 4.58. The summed E-state index contributed by atoms with van der Waals surface area (Å²) in [7, 11) is 0. The molecular weight excluding hydrogens is 274 g/mol. The van der Waals surface area contributed by atoms with Crippen molar-refractivity contribution >= 4 is 11.9 Å². The van der Waals surface area contributed by atoms with Gasteiger partial charge >= 0.3 is 5.97 Å². The van der Waals surface area contributed by atoms with E-state index in [2.05, 4.69) is 0 Å². The molecule has 0 aliphatic rings. The standard InChI is InChI=1S/C15H21NO5/c1-2-12(10-17)16(9-8-15(19)20)14(18)11-21-13-6-4-3-5-7-13/h3-7,12,17H,2,8-11H2,1H3,(H,19,20). The molecule has 0 aliphatic heterocycles. The Kier molecular flexibility index (Phi) is 7.25. The number of amides is 1. The molecule has 0 saturated heterocycles. The van der Waals surface area contributed by atoms with Crippen LogP contribution in [-0.4, -0.2) is 52.8 Å². The molecule has 1 rings (SSSR count). The molecule has 0 fully saturated rings. The number of hydrogen-bond acceptors (Lipinski definition) is 4. The number of carboxylic acids is 1. The number of aliphatic carboxylic acids is 1. The van der Waals surface area contributed by atoms with Gasteiger partial charge in [0, 0.05) is 6.54 Å². The Bertz CT molecular complexity index is 445. The summed E-state index contributed by atoms with van der Waals surface area (Å²) in [4.78, 5) is 24.2. The summed E-state index contributed by atoms with van der Waals surface area (Å²) in [5.41, 5.74) is 0. The van der Waals surface area contributed by atoms with Crippen molar-refractivity contribution in [1.82, 2.24) is 4.90 Å².